The molecule has 0 aliphatic carbocycles. The highest BCUT2D eigenvalue weighted by atomic mass is 16.5. The number of aliphatic hydroxyl groups excluding tert-OH is 1. The number of para-hydroxylation sites is 1. The molecule has 1 aromatic rings. The van der Waals surface area contributed by atoms with Crippen LogP contribution in [-0.4, -0.2) is 11.7 Å². The molecule has 1 aromatic carbocycles. The molecule has 0 heterocycles. The smallest absolute Gasteiger partial charge is 0.119 e. The molecule has 0 aliphatic rings. The number of rotatable bonds is 9. The Bertz CT molecular complexity index is 315. The van der Waals surface area contributed by atoms with Gasteiger partial charge in [-0.3, -0.25) is 0 Å². The summed E-state index contributed by atoms with van der Waals surface area (Å²) in [6, 6.07) is 10.1. The highest BCUT2D eigenvalue weighted by molar-refractivity contribution is 5.20. The van der Waals surface area contributed by atoms with Gasteiger partial charge in [-0.2, -0.15) is 0 Å². The zero-order chi connectivity index (χ0) is 15.1. The number of allylic oxidation sites excluding steroid dienone is 1. The predicted molar refractivity (Wildman–Crippen MR) is 87.4 cm³/mol. The van der Waals surface area contributed by atoms with Gasteiger partial charge in [0.15, 0.2) is 0 Å². The fourth-order valence-corrected chi connectivity index (χ4v) is 1.77. The lowest BCUT2D eigenvalue weighted by molar-refractivity contribution is 0.304. The van der Waals surface area contributed by atoms with Crippen molar-refractivity contribution < 1.29 is 9.84 Å². The molecule has 0 fully saturated rings. The average molecular weight is 278 g/mol. The molecule has 0 spiro atoms. The van der Waals surface area contributed by atoms with Gasteiger partial charge in [-0.15, -0.1) is 0 Å². The normalized spacial score (nSPS) is 9.50. The summed E-state index contributed by atoms with van der Waals surface area (Å²) in [6.45, 7) is 7.76. The Morgan fingerprint density at radius 2 is 1.50 bits per heavy atom. The minimum Gasteiger partial charge on any atom is -0.513 e. The van der Waals surface area contributed by atoms with Gasteiger partial charge in [0.05, 0.1) is 12.4 Å². The zero-order valence-corrected chi connectivity index (χ0v) is 13.1. The molecule has 0 unspecified atom stereocenters. The molecule has 0 saturated carbocycles. The van der Waals surface area contributed by atoms with Crippen molar-refractivity contribution >= 4 is 0 Å². The first-order valence-electron chi connectivity index (χ1n) is 7.69. The van der Waals surface area contributed by atoms with Gasteiger partial charge in [-0.1, -0.05) is 70.2 Å². The molecule has 20 heavy (non-hydrogen) atoms. The highest BCUT2D eigenvalue weighted by Gasteiger charge is 1.93. The van der Waals surface area contributed by atoms with E-state index in [0.717, 1.165) is 12.4 Å². The van der Waals surface area contributed by atoms with Gasteiger partial charge in [-0.25, -0.2) is 0 Å². The lowest BCUT2D eigenvalue weighted by Gasteiger charge is -2.05. The van der Waals surface area contributed by atoms with E-state index in [-0.39, 0.29) is 5.76 Å². The van der Waals surface area contributed by atoms with E-state index in [1.807, 2.05) is 30.3 Å². The fraction of sp³-hybridized carbons (Fsp3) is 0.556. The van der Waals surface area contributed by atoms with Crippen molar-refractivity contribution in [2.24, 2.45) is 0 Å². The lowest BCUT2D eigenvalue weighted by Crippen LogP contribution is -1.96. The van der Waals surface area contributed by atoms with Crippen LogP contribution in [0.25, 0.3) is 0 Å². The summed E-state index contributed by atoms with van der Waals surface area (Å²) in [6.07, 6.45) is 9.35. The molecule has 2 heteroatoms. The van der Waals surface area contributed by atoms with Crippen LogP contribution in [0, 0.1) is 0 Å². The quantitative estimate of drug-likeness (QED) is 0.450. The first-order chi connectivity index (χ1) is 9.66. The van der Waals surface area contributed by atoms with Gasteiger partial charge >= 0.3 is 0 Å². The first kappa shape index (κ1) is 18.6. The van der Waals surface area contributed by atoms with Crippen LogP contribution in [0.4, 0.5) is 0 Å². The van der Waals surface area contributed by atoms with Crippen LogP contribution in [0.1, 0.15) is 58.8 Å². The van der Waals surface area contributed by atoms with Gasteiger partial charge in [0.1, 0.15) is 5.75 Å². The van der Waals surface area contributed by atoms with E-state index in [9.17, 15) is 0 Å². The number of ether oxygens (including phenoxy) is 1. The second kappa shape index (κ2) is 14.0. The minimum absolute atomic E-state index is 0.167. The molecule has 1 rings (SSSR count). The zero-order valence-electron chi connectivity index (χ0n) is 13.1. The maximum absolute atomic E-state index is 7.86. The van der Waals surface area contributed by atoms with Crippen LogP contribution in [-0.2, 0) is 0 Å². The molecule has 114 valence electrons. The summed E-state index contributed by atoms with van der Waals surface area (Å²) >= 11 is 0. The van der Waals surface area contributed by atoms with Crippen LogP contribution in [0.5, 0.6) is 5.75 Å². The maximum Gasteiger partial charge on any atom is 0.119 e. The van der Waals surface area contributed by atoms with Crippen LogP contribution in [0.2, 0.25) is 0 Å². The minimum atomic E-state index is 0.167. The number of aliphatic hydroxyl groups is 1. The number of hydrogen-bond donors (Lipinski definition) is 1. The van der Waals surface area contributed by atoms with Crippen molar-refractivity contribution in [1.82, 2.24) is 0 Å². The first-order valence-corrected chi connectivity index (χ1v) is 7.69. The maximum atomic E-state index is 7.86. The Morgan fingerprint density at radius 3 is 2.05 bits per heavy atom. The molecule has 1 N–H and O–H groups in total. The standard InChI is InChI=1S/C15H24O.C3H6O/c1-2-3-4-5-6-7-11-14-16-15-12-9-8-10-13-15;1-3(2)4/h8-10,12-13H,2-7,11,14H2,1H3;4H,1H2,2H3. The second-order valence-electron chi connectivity index (χ2n) is 5.02. The van der Waals surface area contributed by atoms with Crippen molar-refractivity contribution in [1.29, 1.82) is 0 Å². The van der Waals surface area contributed by atoms with Crippen LogP contribution in [0.3, 0.4) is 0 Å². The van der Waals surface area contributed by atoms with Crippen molar-refractivity contribution in [3.05, 3.63) is 42.7 Å². The Morgan fingerprint density at radius 1 is 1.00 bits per heavy atom. The molecular weight excluding hydrogens is 248 g/mol. The third kappa shape index (κ3) is 14.6. The fourth-order valence-electron chi connectivity index (χ4n) is 1.77. The van der Waals surface area contributed by atoms with E-state index >= 15 is 0 Å². The van der Waals surface area contributed by atoms with Crippen LogP contribution in [0.15, 0.2) is 42.7 Å². The molecule has 0 bridgehead atoms. The van der Waals surface area contributed by atoms with Crippen molar-refractivity contribution in [3.8, 4) is 5.75 Å². The van der Waals surface area contributed by atoms with Crippen molar-refractivity contribution in [3.63, 3.8) is 0 Å². The summed E-state index contributed by atoms with van der Waals surface area (Å²) in [7, 11) is 0. The van der Waals surface area contributed by atoms with Crippen LogP contribution < -0.4 is 4.74 Å². The summed E-state index contributed by atoms with van der Waals surface area (Å²) in [5.41, 5.74) is 0. The van der Waals surface area contributed by atoms with E-state index in [1.165, 1.54) is 51.9 Å². The Balaban J connectivity index is 0.000000796. The van der Waals surface area contributed by atoms with E-state index in [2.05, 4.69) is 13.5 Å². The molecular formula is C18H30O2. The third-order valence-corrected chi connectivity index (χ3v) is 2.76. The van der Waals surface area contributed by atoms with Gasteiger partial charge in [0, 0.05) is 0 Å². The van der Waals surface area contributed by atoms with E-state index in [0.29, 0.717) is 0 Å². The molecule has 0 saturated heterocycles. The highest BCUT2D eigenvalue weighted by Crippen LogP contribution is 2.10. The molecule has 0 aromatic heterocycles. The second-order valence-corrected chi connectivity index (χ2v) is 5.02. The van der Waals surface area contributed by atoms with E-state index in [1.54, 1.807) is 0 Å². The van der Waals surface area contributed by atoms with Crippen molar-refractivity contribution in [2.75, 3.05) is 6.61 Å². The van der Waals surface area contributed by atoms with Gasteiger partial charge in [0.25, 0.3) is 0 Å². The SMILES string of the molecule is C=C(C)O.CCCCCCCCCOc1ccccc1. The summed E-state index contributed by atoms with van der Waals surface area (Å²) < 4.78 is 5.63. The molecule has 0 atom stereocenters. The van der Waals surface area contributed by atoms with Gasteiger partial charge < -0.3 is 9.84 Å². The Kier molecular flexibility index (Phi) is 13.0. The van der Waals surface area contributed by atoms with Crippen LogP contribution >= 0.6 is 0 Å². The monoisotopic (exact) mass is 278 g/mol. The van der Waals surface area contributed by atoms with E-state index in [4.69, 9.17) is 9.84 Å². The van der Waals surface area contributed by atoms with Crippen molar-refractivity contribution in [2.45, 2.75) is 58.8 Å². The number of unbranched alkanes of at least 4 members (excludes halogenated alkanes) is 6. The lowest BCUT2D eigenvalue weighted by atomic mass is 10.1. The molecule has 0 radical (unpaired) electrons. The Labute approximate surface area is 124 Å². The average Bonchev–Trinajstić information content (AvgIpc) is 2.42. The van der Waals surface area contributed by atoms with Gasteiger partial charge in [0.2, 0.25) is 0 Å². The van der Waals surface area contributed by atoms with Gasteiger partial charge in [-0.05, 0) is 25.5 Å². The topological polar surface area (TPSA) is 29.5 Å². The summed E-state index contributed by atoms with van der Waals surface area (Å²) in [5, 5.41) is 7.86. The number of hydrogen-bond acceptors (Lipinski definition) is 2. The largest absolute Gasteiger partial charge is 0.513 e. The number of benzene rings is 1. The van der Waals surface area contributed by atoms with E-state index < -0.39 is 0 Å². The summed E-state index contributed by atoms with van der Waals surface area (Å²) in [4.78, 5) is 0. The molecule has 0 amide bonds. The third-order valence-electron chi connectivity index (χ3n) is 2.76. The summed E-state index contributed by atoms with van der Waals surface area (Å²) in [5.74, 6) is 1.16. The predicted octanol–water partition coefficient (Wildman–Crippen LogP) is 5.89. The molecule has 0 aliphatic heterocycles. The Hall–Kier alpha value is -1.44. The molecule has 2 nitrogen and oxygen atoms in total.